The molecule has 0 radical (unpaired) electrons. The van der Waals surface area contributed by atoms with Crippen LogP contribution in [0.15, 0.2) is 69.6 Å². The minimum absolute atomic E-state index is 0.442. The van der Waals surface area contributed by atoms with E-state index in [0.29, 0.717) is 5.92 Å². The van der Waals surface area contributed by atoms with E-state index in [-0.39, 0.29) is 0 Å². The molecular weight excluding hydrogens is 400 g/mol. The first-order chi connectivity index (χ1) is 10.6. The van der Waals surface area contributed by atoms with Gasteiger partial charge in [0.05, 0.1) is 0 Å². The van der Waals surface area contributed by atoms with E-state index in [4.69, 9.17) is 0 Å². The van der Waals surface area contributed by atoms with Gasteiger partial charge in [0.1, 0.15) is 0 Å². The highest BCUT2D eigenvalue weighted by Gasteiger charge is 2.25. The molecule has 0 N–H and O–H groups in total. The summed E-state index contributed by atoms with van der Waals surface area (Å²) < 4.78 is 2.27. The summed E-state index contributed by atoms with van der Waals surface area (Å²) in [5.74, 6) is 0.442. The highest BCUT2D eigenvalue weighted by Crippen LogP contribution is 2.46. The van der Waals surface area contributed by atoms with Crippen LogP contribution in [0, 0.1) is 0 Å². The van der Waals surface area contributed by atoms with Crippen LogP contribution in [-0.4, -0.2) is 0 Å². The van der Waals surface area contributed by atoms with E-state index in [1.807, 2.05) is 0 Å². The zero-order valence-electron chi connectivity index (χ0n) is 12.1. The molecule has 22 heavy (non-hydrogen) atoms. The lowest BCUT2D eigenvalue weighted by atomic mass is 9.95. The first kappa shape index (κ1) is 14.2. The highest BCUT2D eigenvalue weighted by molar-refractivity contribution is 9.10. The third kappa shape index (κ3) is 2.26. The molecule has 0 spiro atoms. The maximum atomic E-state index is 3.59. The summed E-state index contributed by atoms with van der Waals surface area (Å²) in [7, 11) is 0. The number of fused-ring (bicyclic) bond motifs is 3. The molecule has 1 aliphatic carbocycles. The van der Waals surface area contributed by atoms with Crippen LogP contribution in [0.5, 0.6) is 0 Å². The van der Waals surface area contributed by atoms with Gasteiger partial charge in [-0.2, -0.15) is 0 Å². The van der Waals surface area contributed by atoms with Crippen LogP contribution >= 0.6 is 31.9 Å². The van der Waals surface area contributed by atoms with E-state index in [0.717, 1.165) is 8.95 Å². The van der Waals surface area contributed by atoms with Gasteiger partial charge < -0.3 is 0 Å². The Hall–Kier alpha value is -1.38. The van der Waals surface area contributed by atoms with Crippen molar-refractivity contribution in [2.24, 2.45) is 0 Å². The lowest BCUT2D eigenvalue weighted by molar-refractivity contribution is 0.956. The fraction of sp³-hybridized carbons (Fsp3) is 0.100. The fourth-order valence-electron chi connectivity index (χ4n) is 3.29. The standard InChI is InChI=1S/C20H14Br2/c1-12-19-10-14(13-2-5-15(21)6-3-13)4-8-17(19)18-9-7-16(22)11-20(12)18/h2-12H,1H3. The van der Waals surface area contributed by atoms with Crippen LogP contribution in [-0.2, 0) is 0 Å². The molecule has 0 amide bonds. The smallest absolute Gasteiger partial charge is 0.0178 e. The van der Waals surface area contributed by atoms with Crippen molar-refractivity contribution in [1.82, 2.24) is 0 Å². The van der Waals surface area contributed by atoms with Gasteiger partial charge in [-0.1, -0.05) is 69.1 Å². The third-order valence-electron chi connectivity index (χ3n) is 4.47. The van der Waals surface area contributed by atoms with Gasteiger partial charge in [0, 0.05) is 14.9 Å². The van der Waals surface area contributed by atoms with Gasteiger partial charge in [-0.3, -0.25) is 0 Å². The highest BCUT2D eigenvalue weighted by atomic mass is 79.9. The van der Waals surface area contributed by atoms with Crippen molar-refractivity contribution in [3.05, 3.63) is 80.7 Å². The summed E-state index contributed by atoms with van der Waals surface area (Å²) in [6.07, 6.45) is 0. The molecule has 0 aromatic heterocycles. The number of benzene rings is 3. The SMILES string of the molecule is CC1c2cc(Br)ccc2-c2ccc(-c3ccc(Br)cc3)cc21. The second-order valence-electron chi connectivity index (χ2n) is 5.76. The minimum atomic E-state index is 0.442. The van der Waals surface area contributed by atoms with Crippen LogP contribution < -0.4 is 0 Å². The summed E-state index contributed by atoms with van der Waals surface area (Å²) in [6.45, 7) is 2.29. The molecule has 3 aromatic rings. The van der Waals surface area contributed by atoms with Crippen molar-refractivity contribution in [2.75, 3.05) is 0 Å². The molecule has 1 aliphatic rings. The van der Waals surface area contributed by atoms with Gasteiger partial charge in [0.2, 0.25) is 0 Å². The first-order valence-electron chi connectivity index (χ1n) is 7.33. The van der Waals surface area contributed by atoms with Crippen LogP contribution in [0.3, 0.4) is 0 Å². The monoisotopic (exact) mass is 412 g/mol. The Morgan fingerprint density at radius 1 is 0.636 bits per heavy atom. The average Bonchev–Trinajstić information content (AvgIpc) is 2.80. The molecule has 0 bridgehead atoms. The summed E-state index contributed by atoms with van der Waals surface area (Å²) >= 11 is 7.09. The number of hydrogen-bond acceptors (Lipinski definition) is 0. The second-order valence-corrected chi connectivity index (χ2v) is 7.59. The molecule has 0 heterocycles. The Labute approximate surface area is 147 Å². The van der Waals surface area contributed by atoms with Crippen molar-refractivity contribution in [3.63, 3.8) is 0 Å². The topological polar surface area (TPSA) is 0 Å². The number of rotatable bonds is 1. The van der Waals surface area contributed by atoms with Gasteiger partial charge >= 0.3 is 0 Å². The zero-order chi connectivity index (χ0) is 15.3. The van der Waals surface area contributed by atoms with Gasteiger partial charge in [-0.15, -0.1) is 0 Å². The maximum Gasteiger partial charge on any atom is 0.0178 e. The molecule has 4 rings (SSSR count). The molecular formula is C20H14Br2. The Bertz CT molecular complexity index is 863. The lowest BCUT2D eigenvalue weighted by Gasteiger charge is -2.09. The molecule has 1 unspecified atom stereocenters. The quantitative estimate of drug-likeness (QED) is 0.402. The first-order valence-corrected chi connectivity index (χ1v) is 8.92. The molecule has 3 aromatic carbocycles. The summed E-state index contributed by atoms with van der Waals surface area (Å²) in [6, 6.07) is 22.0. The Balaban J connectivity index is 1.84. The Kier molecular flexibility index (Phi) is 3.47. The zero-order valence-corrected chi connectivity index (χ0v) is 15.3. The van der Waals surface area contributed by atoms with Crippen molar-refractivity contribution in [2.45, 2.75) is 12.8 Å². The molecule has 0 nitrogen and oxygen atoms in total. The van der Waals surface area contributed by atoms with Gasteiger partial charge in [-0.25, -0.2) is 0 Å². The average molecular weight is 414 g/mol. The summed E-state index contributed by atoms with van der Waals surface area (Å²) in [5.41, 5.74) is 8.12. The van der Waals surface area contributed by atoms with Crippen molar-refractivity contribution in [3.8, 4) is 22.3 Å². The van der Waals surface area contributed by atoms with Gasteiger partial charge in [-0.05, 0) is 63.7 Å². The molecule has 108 valence electrons. The van der Waals surface area contributed by atoms with Crippen molar-refractivity contribution >= 4 is 31.9 Å². The normalized spacial score (nSPS) is 15.5. The van der Waals surface area contributed by atoms with E-state index < -0.39 is 0 Å². The largest absolute Gasteiger partial charge is 0.0542 e. The summed E-state index contributed by atoms with van der Waals surface area (Å²) in [4.78, 5) is 0. The second kappa shape index (κ2) is 5.36. The van der Waals surface area contributed by atoms with Crippen LogP contribution in [0.25, 0.3) is 22.3 Å². The van der Waals surface area contributed by atoms with Gasteiger partial charge in [0.25, 0.3) is 0 Å². The molecule has 1 atom stereocenters. The summed E-state index contributed by atoms with van der Waals surface area (Å²) in [5, 5.41) is 0. The van der Waals surface area contributed by atoms with Crippen LogP contribution in [0.2, 0.25) is 0 Å². The van der Waals surface area contributed by atoms with E-state index in [9.17, 15) is 0 Å². The van der Waals surface area contributed by atoms with Crippen LogP contribution in [0.4, 0.5) is 0 Å². The lowest BCUT2D eigenvalue weighted by Crippen LogP contribution is -1.90. The van der Waals surface area contributed by atoms with E-state index >= 15 is 0 Å². The Morgan fingerprint density at radius 2 is 1.18 bits per heavy atom. The van der Waals surface area contributed by atoms with Crippen molar-refractivity contribution in [1.29, 1.82) is 0 Å². The number of halogens is 2. The predicted molar refractivity (Wildman–Crippen MR) is 100 cm³/mol. The molecule has 0 saturated carbocycles. The third-order valence-corrected chi connectivity index (χ3v) is 5.49. The van der Waals surface area contributed by atoms with Crippen molar-refractivity contribution < 1.29 is 0 Å². The van der Waals surface area contributed by atoms with E-state index in [1.54, 1.807) is 0 Å². The van der Waals surface area contributed by atoms with E-state index in [2.05, 4.69) is 99.4 Å². The number of hydrogen-bond donors (Lipinski definition) is 0. The molecule has 2 heteroatoms. The molecule has 0 saturated heterocycles. The van der Waals surface area contributed by atoms with Crippen LogP contribution in [0.1, 0.15) is 24.0 Å². The molecule has 0 aliphatic heterocycles. The maximum absolute atomic E-state index is 3.59. The predicted octanol–water partition coefficient (Wildman–Crippen LogP) is 7.01. The fourth-order valence-corrected chi connectivity index (χ4v) is 3.94. The molecule has 0 fully saturated rings. The minimum Gasteiger partial charge on any atom is -0.0542 e. The van der Waals surface area contributed by atoms with E-state index in [1.165, 1.54) is 33.4 Å². The van der Waals surface area contributed by atoms with Gasteiger partial charge in [0.15, 0.2) is 0 Å². The Morgan fingerprint density at radius 3 is 1.91 bits per heavy atom.